The van der Waals surface area contributed by atoms with Crippen molar-refractivity contribution in [3.05, 3.63) is 29.8 Å². The van der Waals surface area contributed by atoms with Crippen LogP contribution >= 0.6 is 0 Å². The van der Waals surface area contributed by atoms with Gasteiger partial charge in [0.1, 0.15) is 5.75 Å². The van der Waals surface area contributed by atoms with Gasteiger partial charge in [0.15, 0.2) is 0 Å². The maximum atomic E-state index is 5.82. The van der Waals surface area contributed by atoms with Gasteiger partial charge in [0.05, 0.1) is 6.61 Å². The lowest BCUT2D eigenvalue weighted by atomic mass is 10.1. The first-order valence-electron chi connectivity index (χ1n) is 8.07. The Bertz CT molecular complexity index is 424. The molecule has 2 N–H and O–H groups in total. The lowest BCUT2D eigenvalue weighted by molar-refractivity contribution is 0.0891. The second-order valence-corrected chi connectivity index (χ2v) is 5.90. The largest absolute Gasteiger partial charge is 0.494 e. The van der Waals surface area contributed by atoms with E-state index in [2.05, 4.69) is 23.8 Å². The topological polar surface area (TPSA) is 41.7 Å². The molecule has 0 amide bonds. The van der Waals surface area contributed by atoms with Crippen LogP contribution in [0.5, 0.6) is 5.75 Å². The Morgan fingerprint density at radius 2 is 2.19 bits per heavy atom. The summed E-state index contributed by atoms with van der Waals surface area (Å²) in [5.41, 5.74) is 6.76. The Balaban J connectivity index is 1.67. The summed E-state index contributed by atoms with van der Waals surface area (Å²) >= 11 is 0. The van der Waals surface area contributed by atoms with Crippen LogP contribution in [-0.4, -0.2) is 55.7 Å². The molecule has 1 atom stereocenters. The van der Waals surface area contributed by atoms with Crippen molar-refractivity contribution in [1.29, 1.82) is 0 Å². The minimum absolute atomic E-state index is 0.566. The molecule has 0 aromatic heterocycles. The Kier molecular flexibility index (Phi) is 6.49. The monoisotopic (exact) mass is 291 g/mol. The van der Waals surface area contributed by atoms with Gasteiger partial charge >= 0.3 is 0 Å². The van der Waals surface area contributed by atoms with Crippen LogP contribution in [0.3, 0.4) is 0 Å². The van der Waals surface area contributed by atoms with Crippen molar-refractivity contribution < 1.29 is 4.74 Å². The highest BCUT2D eigenvalue weighted by molar-refractivity contribution is 5.28. The Hall–Kier alpha value is -1.10. The summed E-state index contributed by atoms with van der Waals surface area (Å²) in [6.07, 6.45) is 2.31. The first-order chi connectivity index (χ1) is 10.2. The summed E-state index contributed by atoms with van der Waals surface area (Å²) in [5, 5.41) is 0. The van der Waals surface area contributed by atoms with Crippen LogP contribution in [0.15, 0.2) is 24.3 Å². The number of hydrogen-bond donors (Lipinski definition) is 1. The summed E-state index contributed by atoms with van der Waals surface area (Å²) in [7, 11) is 2.24. The Labute approximate surface area is 128 Å². The van der Waals surface area contributed by atoms with E-state index in [1.807, 2.05) is 24.3 Å². The highest BCUT2D eigenvalue weighted by Crippen LogP contribution is 2.14. The molecule has 0 spiro atoms. The van der Waals surface area contributed by atoms with E-state index in [4.69, 9.17) is 10.5 Å². The van der Waals surface area contributed by atoms with Crippen molar-refractivity contribution in [3.8, 4) is 5.75 Å². The number of nitrogens with two attached hydrogens (primary N) is 1. The van der Waals surface area contributed by atoms with Crippen LogP contribution in [0.1, 0.15) is 25.3 Å². The van der Waals surface area contributed by atoms with E-state index in [0.29, 0.717) is 12.6 Å². The first kappa shape index (κ1) is 16.3. The number of piperazine rings is 1. The molecular formula is C17H29N3O. The molecule has 0 saturated carbocycles. The molecule has 1 aliphatic rings. The van der Waals surface area contributed by atoms with Crippen LogP contribution in [0.25, 0.3) is 0 Å². The van der Waals surface area contributed by atoms with Crippen molar-refractivity contribution in [2.75, 3.05) is 39.8 Å². The van der Waals surface area contributed by atoms with E-state index in [-0.39, 0.29) is 0 Å². The zero-order chi connectivity index (χ0) is 15.1. The minimum atomic E-state index is 0.566. The van der Waals surface area contributed by atoms with E-state index >= 15 is 0 Å². The van der Waals surface area contributed by atoms with Gasteiger partial charge in [-0.15, -0.1) is 0 Å². The van der Waals surface area contributed by atoms with Gasteiger partial charge < -0.3 is 20.3 Å². The average Bonchev–Trinajstić information content (AvgIpc) is 2.53. The molecule has 1 saturated heterocycles. The molecule has 21 heavy (non-hydrogen) atoms. The van der Waals surface area contributed by atoms with Gasteiger partial charge in [0, 0.05) is 38.8 Å². The third kappa shape index (κ3) is 4.99. The molecule has 0 bridgehead atoms. The van der Waals surface area contributed by atoms with Gasteiger partial charge in [-0.25, -0.2) is 0 Å². The number of benzene rings is 1. The van der Waals surface area contributed by atoms with E-state index in [1.165, 1.54) is 26.1 Å². The van der Waals surface area contributed by atoms with Crippen LogP contribution in [0.4, 0.5) is 0 Å². The molecule has 4 heteroatoms. The summed E-state index contributed by atoms with van der Waals surface area (Å²) in [6, 6.07) is 8.78. The van der Waals surface area contributed by atoms with E-state index in [9.17, 15) is 0 Å². The molecule has 1 heterocycles. The molecule has 1 aromatic rings. The SMILES string of the molecule is CCC1CN(CCCOc2cccc(CN)c2)CCN1C. The maximum absolute atomic E-state index is 5.82. The highest BCUT2D eigenvalue weighted by Gasteiger charge is 2.22. The molecule has 1 aromatic carbocycles. The Morgan fingerprint density at radius 3 is 2.95 bits per heavy atom. The van der Waals surface area contributed by atoms with E-state index in [1.54, 1.807) is 0 Å². The van der Waals surface area contributed by atoms with Crippen LogP contribution in [0.2, 0.25) is 0 Å². The smallest absolute Gasteiger partial charge is 0.119 e. The normalized spacial score (nSPS) is 20.6. The molecule has 118 valence electrons. The number of hydrogen-bond acceptors (Lipinski definition) is 4. The molecule has 4 nitrogen and oxygen atoms in total. The summed E-state index contributed by atoms with van der Waals surface area (Å²) in [6.45, 7) is 8.29. The molecule has 2 rings (SSSR count). The van der Waals surface area contributed by atoms with Crippen molar-refractivity contribution >= 4 is 0 Å². The van der Waals surface area contributed by atoms with Crippen molar-refractivity contribution in [3.63, 3.8) is 0 Å². The minimum Gasteiger partial charge on any atom is -0.494 e. The first-order valence-corrected chi connectivity index (χ1v) is 8.07. The predicted molar refractivity (Wildman–Crippen MR) is 87.6 cm³/mol. The van der Waals surface area contributed by atoms with Crippen LogP contribution in [0, 0.1) is 0 Å². The van der Waals surface area contributed by atoms with E-state index in [0.717, 1.165) is 30.9 Å². The average molecular weight is 291 g/mol. The molecule has 0 radical (unpaired) electrons. The maximum Gasteiger partial charge on any atom is 0.119 e. The number of nitrogens with zero attached hydrogens (tertiary/aromatic N) is 2. The number of likely N-dealkylation sites (N-methyl/N-ethyl adjacent to an activating group) is 1. The van der Waals surface area contributed by atoms with Crippen molar-refractivity contribution in [2.45, 2.75) is 32.4 Å². The second-order valence-electron chi connectivity index (χ2n) is 5.90. The van der Waals surface area contributed by atoms with Crippen LogP contribution in [-0.2, 0) is 6.54 Å². The number of ether oxygens (including phenoxy) is 1. The zero-order valence-corrected chi connectivity index (χ0v) is 13.4. The van der Waals surface area contributed by atoms with Gasteiger partial charge in [-0.1, -0.05) is 19.1 Å². The van der Waals surface area contributed by atoms with Gasteiger partial charge in [-0.05, 0) is 37.6 Å². The molecular weight excluding hydrogens is 262 g/mol. The fourth-order valence-electron chi connectivity index (χ4n) is 2.89. The third-order valence-electron chi connectivity index (χ3n) is 4.35. The van der Waals surface area contributed by atoms with Gasteiger partial charge in [-0.3, -0.25) is 0 Å². The number of rotatable bonds is 7. The highest BCUT2D eigenvalue weighted by atomic mass is 16.5. The molecule has 1 aliphatic heterocycles. The van der Waals surface area contributed by atoms with Gasteiger partial charge in [-0.2, -0.15) is 0 Å². The Morgan fingerprint density at radius 1 is 1.33 bits per heavy atom. The van der Waals surface area contributed by atoms with Gasteiger partial charge in [0.25, 0.3) is 0 Å². The third-order valence-corrected chi connectivity index (χ3v) is 4.35. The van der Waals surface area contributed by atoms with Crippen molar-refractivity contribution in [2.24, 2.45) is 5.73 Å². The lowest BCUT2D eigenvalue weighted by Crippen LogP contribution is -2.51. The van der Waals surface area contributed by atoms with Gasteiger partial charge in [0.2, 0.25) is 0 Å². The summed E-state index contributed by atoms with van der Waals surface area (Å²) in [4.78, 5) is 5.04. The zero-order valence-electron chi connectivity index (χ0n) is 13.4. The second kappa shape index (κ2) is 8.37. The molecule has 0 aliphatic carbocycles. The van der Waals surface area contributed by atoms with Crippen molar-refractivity contribution in [1.82, 2.24) is 9.80 Å². The standard InChI is InChI=1S/C17H29N3O/c1-3-16-14-20(10-9-19(16)2)8-5-11-21-17-7-4-6-15(12-17)13-18/h4,6-7,12,16H,3,5,8-11,13-14,18H2,1-2H3. The van der Waals surface area contributed by atoms with Crippen LogP contribution < -0.4 is 10.5 Å². The fraction of sp³-hybridized carbons (Fsp3) is 0.647. The molecule has 1 fully saturated rings. The van der Waals surface area contributed by atoms with E-state index < -0.39 is 0 Å². The summed E-state index contributed by atoms with van der Waals surface area (Å²) < 4.78 is 5.82. The fourth-order valence-corrected chi connectivity index (χ4v) is 2.89. The summed E-state index contributed by atoms with van der Waals surface area (Å²) in [5.74, 6) is 0.933. The predicted octanol–water partition coefficient (Wildman–Crippen LogP) is 1.94. The molecule has 1 unspecified atom stereocenters. The quantitative estimate of drug-likeness (QED) is 0.780. The lowest BCUT2D eigenvalue weighted by Gasteiger charge is -2.39.